The highest BCUT2D eigenvalue weighted by molar-refractivity contribution is 6.30. The van der Waals surface area contributed by atoms with Crippen molar-refractivity contribution in [1.29, 1.82) is 5.26 Å². The van der Waals surface area contributed by atoms with Gasteiger partial charge in [0.1, 0.15) is 6.04 Å². The number of β-amino-alcohol motifs (C(OH)–C–C–N with tert-alkyl or cyclic N) is 1. The van der Waals surface area contributed by atoms with Crippen LogP contribution in [0.2, 0.25) is 5.02 Å². The Morgan fingerprint density at radius 1 is 1.40 bits per heavy atom. The van der Waals surface area contributed by atoms with Gasteiger partial charge in [-0.15, -0.1) is 0 Å². The SMILES string of the molecule is N#C[C@H](c1ccc(Cl)cc1)N1CC(O)C1. The monoisotopic (exact) mass is 222 g/mol. The number of hydrogen-bond donors (Lipinski definition) is 1. The van der Waals surface area contributed by atoms with Gasteiger partial charge in [-0.2, -0.15) is 5.26 Å². The zero-order chi connectivity index (χ0) is 10.8. The molecule has 15 heavy (non-hydrogen) atoms. The highest BCUT2D eigenvalue weighted by Crippen LogP contribution is 2.26. The average molecular weight is 223 g/mol. The van der Waals surface area contributed by atoms with Gasteiger partial charge in [-0.05, 0) is 17.7 Å². The van der Waals surface area contributed by atoms with Crippen molar-refractivity contribution in [3.8, 4) is 6.07 Å². The minimum atomic E-state index is -0.284. The molecule has 1 aliphatic heterocycles. The summed E-state index contributed by atoms with van der Waals surface area (Å²) in [7, 11) is 0. The van der Waals surface area contributed by atoms with E-state index < -0.39 is 0 Å². The fourth-order valence-corrected chi connectivity index (χ4v) is 1.84. The molecule has 0 aromatic heterocycles. The maximum atomic E-state index is 9.18. The minimum Gasteiger partial charge on any atom is -0.390 e. The summed E-state index contributed by atoms with van der Waals surface area (Å²) in [5.74, 6) is 0. The van der Waals surface area contributed by atoms with Gasteiger partial charge in [-0.25, -0.2) is 0 Å². The molecule has 0 unspecified atom stereocenters. The number of halogens is 1. The van der Waals surface area contributed by atoms with Gasteiger partial charge in [0, 0.05) is 18.1 Å². The summed E-state index contributed by atoms with van der Waals surface area (Å²) in [6.45, 7) is 1.14. The topological polar surface area (TPSA) is 47.3 Å². The van der Waals surface area contributed by atoms with E-state index in [1.54, 1.807) is 12.1 Å². The number of rotatable bonds is 2. The van der Waals surface area contributed by atoms with Crippen LogP contribution in [0.3, 0.4) is 0 Å². The lowest BCUT2D eigenvalue weighted by molar-refractivity contribution is -0.0127. The predicted octanol–water partition coefficient (Wildman–Crippen LogP) is 1.58. The largest absolute Gasteiger partial charge is 0.390 e. The third-order valence-corrected chi connectivity index (χ3v) is 2.82. The molecule has 2 rings (SSSR count). The van der Waals surface area contributed by atoms with Crippen LogP contribution in [-0.2, 0) is 0 Å². The van der Waals surface area contributed by atoms with Crippen LogP contribution in [0.5, 0.6) is 0 Å². The molecule has 0 amide bonds. The molecule has 1 saturated heterocycles. The van der Waals surface area contributed by atoms with Crippen molar-refractivity contribution in [2.45, 2.75) is 12.1 Å². The lowest BCUT2D eigenvalue weighted by atomic mass is 10.0. The standard InChI is InChI=1S/C11H11ClN2O/c12-9-3-1-8(2-4-9)11(5-13)14-6-10(15)7-14/h1-4,10-11,15H,6-7H2/t11-/m1/s1. The molecule has 1 fully saturated rings. The summed E-state index contributed by atoms with van der Waals surface area (Å²) in [6, 6.07) is 9.21. The van der Waals surface area contributed by atoms with Gasteiger partial charge in [-0.3, -0.25) is 4.90 Å². The molecule has 1 aliphatic rings. The quantitative estimate of drug-likeness (QED) is 0.827. The first kappa shape index (κ1) is 10.4. The van der Waals surface area contributed by atoms with E-state index in [0.717, 1.165) is 5.56 Å². The summed E-state index contributed by atoms with van der Waals surface area (Å²) in [5.41, 5.74) is 0.925. The summed E-state index contributed by atoms with van der Waals surface area (Å²) >= 11 is 5.77. The molecule has 78 valence electrons. The Balaban J connectivity index is 2.14. The highest BCUT2D eigenvalue weighted by Gasteiger charge is 2.31. The molecule has 0 saturated carbocycles. The van der Waals surface area contributed by atoms with Crippen LogP contribution in [0, 0.1) is 11.3 Å². The van der Waals surface area contributed by atoms with Gasteiger partial charge in [0.15, 0.2) is 0 Å². The molecule has 0 spiro atoms. The van der Waals surface area contributed by atoms with Crippen molar-refractivity contribution >= 4 is 11.6 Å². The smallest absolute Gasteiger partial charge is 0.124 e. The van der Waals surface area contributed by atoms with Crippen LogP contribution in [0.15, 0.2) is 24.3 Å². The summed E-state index contributed by atoms with van der Waals surface area (Å²) in [6.07, 6.45) is -0.284. The Labute approximate surface area is 93.5 Å². The number of nitrogens with zero attached hydrogens (tertiary/aromatic N) is 2. The summed E-state index contributed by atoms with van der Waals surface area (Å²) < 4.78 is 0. The molecular weight excluding hydrogens is 212 g/mol. The molecule has 4 heteroatoms. The molecule has 0 radical (unpaired) electrons. The Bertz CT molecular complexity index is 379. The van der Waals surface area contributed by atoms with E-state index >= 15 is 0 Å². The second-order valence-electron chi connectivity index (χ2n) is 3.69. The second kappa shape index (κ2) is 4.19. The Morgan fingerprint density at radius 2 is 2.00 bits per heavy atom. The fraction of sp³-hybridized carbons (Fsp3) is 0.364. The van der Waals surface area contributed by atoms with Crippen LogP contribution >= 0.6 is 11.6 Å². The van der Waals surface area contributed by atoms with Gasteiger partial charge in [0.25, 0.3) is 0 Å². The first-order valence-electron chi connectivity index (χ1n) is 4.78. The molecule has 3 nitrogen and oxygen atoms in total. The third-order valence-electron chi connectivity index (χ3n) is 2.56. The van der Waals surface area contributed by atoms with Crippen molar-refractivity contribution in [2.24, 2.45) is 0 Å². The predicted molar refractivity (Wildman–Crippen MR) is 57.4 cm³/mol. The average Bonchev–Trinajstić information content (AvgIpc) is 2.19. The van der Waals surface area contributed by atoms with Gasteiger partial charge < -0.3 is 5.11 Å². The zero-order valence-corrected chi connectivity index (χ0v) is 8.85. The van der Waals surface area contributed by atoms with Crippen LogP contribution in [0.25, 0.3) is 0 Å². The molecule has 1 aromatic carbocycles. The number of benzene rings is 1. The number of nitriles is 1. The maximum absolute atomic E-state index is 9.18. The molecule has 0 aliphatic carbocycles. The van der Waals surface area contributed by atoms with E-state index in [2.05, 4.69) is 6.07 Å². The van der Waals surface area contributed by atoms with Crippen molar-refractivity contribution in [1.82, 2.24) is 4.90 Å². The molecule has 0 bridgehead atoms. The van der Waals surface area contributed by atoms with E-state index in [1.165, 1.54) is 0 Å². The number of aliphatic hydroxyl groups is 1. The van der Waals surface area contributed by atoms with E-state index in [-0.39, 0.29) is 12.1 Å². The normalized spacial score (nSPS) is 19.3. The van der Waals surface area contributed by atoms with Crippen LogP contribution in [0.1, 0.15) is 11.6 Å². The van der Waals surface area contributed by atoms with E-state index in [1.807, 2.05) is 17.0 Å². The van der Waals surface area contributed by atoms with Gasteiger partial charge in [-0.1, -0.05) is 23.7 Å². The number of aliphatic hydroxyl groups excluding tert-OH is 1. The Morgan fingerprint density at radius 3 is 2.47 bits per heavy atom. The van der Waals surface area contributed by atoms with Crippen LogP contribution in [0.4, 0.5) is 0 Å². The Hall–Kier alpha value is -1.08. The second-order valence-corrected chi connectivity index (χ2v) is 4.13. The maximum Gasteiger partial charge on any atom is 0.124 e. The highest BCUT2D eigenvalue weighted by atomic mass is 35.5. The molecule has 1 N–H and O–H groups in total. The first-order chi connectivity index (χ1) is 7.20. The molecular formula is C11H11ClN2O. The third kappa shape index (κ3) is 2.13. The first-order valence-corrected chi connectivity index (χ1v) is 5.15. The number of hydrogen-bond acceptors (Lipinski definition) is 3. The van der Waals surface area contributed by atoms with Crippen molar-refractivity contribution < 1.29 is 5.11 Å². The van der Waals surface area contributed by atoms with Crippen LogP contribution < -0.4 is 0 Å². The van der Waals surface area contributed by atoms with Gasteiger partial charge >= 0.3 is 0 Å². The molecule has 1 atom stereocenters. The lowest BCUT2D eigenvalue weighted by Crippen LogP contribution is -2.51. The molecule has 1 heterocycles. The fourth-order valence-electron chi connectivity index (χ4n) is 1.71. The Kier molecular flexibility index (Phi) is 2.92. The van der Waals surface area contributed by atoms with E-state index in [4.69, 9.17) is 16.9 Å². The lowest BCUT2D eigenvalue weighted by Gasteiger charge is -2.38. The summed E-state index contributed by atoms with van der Waals surface area (Å²) in [5, 5.41) is 18.9. The van der Waals surface area contributed by atoms with Gasteiger partial charge in [0.2, 0.25) is 0 Å². The van der Waals surface area contributed by atoms with Crippen LogP contribution in [-0.4, -0.2) is 29.2 Å². The van der Waals surface area contributed by atoms with Crippen molar-refractivity contribution in [2.75, 3.05) is 13.1 Å². The van der Waals surface area contributed by atoms with E-state index in [9.17, 15) is 5.11 Å². The van der Waals surface area contributed by atoms with Crippen molar-refractivity contribution in [3.63, 3.8) is 0 Å². The van der Waals surface area contributed by atoms with Crippen molar-refractivity contribution in [3.05, 3.63) is 34.9 Å². The molecule has 1 aromatic rings. The minimum absolute atomic E-state index is 0.273. The van der Waals surface area contributed by atoms with Gasteiger partial charge in [0.05, 0.1) is 12.2 Å². The number of likely N-dealkylation sites (tertiary alicyclic amines) is 1. The van der Waals surface area contributed by atoms with E-state index in [0.29, 0.717) is 18.1 Å². The summed E-state index contributed by atoms with van der Waals surface area (Å²) in [4.78, 5) is 1.94. The zero-order valence-electron chi connectivity index (χ0n) is 8.10.